The number of methoxy groups -OCH3 is 1. The summed E-state index contributed by atoms with van der Waals surface area (Å²) in [6, 6.07) is 14.5. The number of halogens is 1. The van der Waals surface area contributed by atoms with E-state index in [4.69, 9.17) is 33.3 Å². The molecule has 2 aromatic carbocycles. The molecule has 0 spiro atoms. The fourth-order valence-corrected chi connectivity index (χ4v) is 3.04. The Morgan fingerprint density at radius 3 is 2.69 bits per heavy atom. The summed E-state index contributed by atoms with van der Waals surface area (Å²) in [7, 11) is 3.33. The van der Waals surface area contributed by atoms with Gasteiger partial charge in [0.25, 0.3) is 0 Å². The fraction of sp³-hybridized carbons (Fsp3) is 0.250. The molecule has 152 valence electrons. The standard InChI is InChI=1S/C20H21ClN4O3S/c1-24(10-11-28-17-5-3-4-15(21)12-17)18(26)13-25-19(22-23-20(25)29)14-6-8-16(27-2)9-7-14/h3-9,12H,10-11,13H2,1-2H3,(H,23,29). The van der Waals surface area contributed by atoms with Crippen LogP contribution in [0.15, 0.2) is 48.5 Å². The quantitative estimate of drug-likeness (QED) is 0.548. The number of rotatable bonds is 8. The lowest BCUT2D eigenvalue weighted by atomic mass is 10.2. The van der Waals surface area contributed by atoms with Gasteiger partial charge in [0.1, 0.15) is 24.7 Å². The minimum atomic E-state index is -0.105. The minimum Gasteiger partial charge on any atom is -0.497 e. The molecule has 0 saturated carbocycles. The molecule has 7 nitrogen and oxygen atoms in total. The average Bonchev–Trinajstić information content (AvgIpc) is 3.08. The van der Waals surface area contributed by atoms with Gasteiger partial charge in [-0.15, -0.1) is 0 Å². The Morgan fingerprint density at radius 1 is 1.24 bits per heavy atom. The van der Waals surface area contributed by atoms with Crippen molar-refractivity contribution in [3.05, 3.63) is 58.3 Å². The predicted molar refractivity (Wildman–Crippen MR) is 114 cm³/mol. The second kappa shape index (κ2) is 9.58. The maximum atomic E-state index is 12.7. The Kier molecular flexibility index (Phi) is 6.90. The Labute approximate surface area is 178 Å². The number of nitrogens with one attached hydrogen (secondary N) is 1. The zero-order valence-corrected chi connectivity index (χ0v) is 17.7. The van der Waals surface area contributed by atoms with Gasteiger partial charge in [0.05, 0.1) is 13.7 Å². The number of ether oxygens (including phenoxy) is 2. The fourth-order valence-electron chi connectivity index (χ4n) is 2.66. The van der Waals surface area contributed by atoms with Crippen LogP contribution < -0.4 is 9.47 Å². The van der Waals surface area contributed by atoms with Crippen LogP contribution in [0, 0.1) is 4.77 Å². The van der Waals surface area contributed by atoms with E-state index >= 15 is 0 Å². The van der Waals surface area contributed by atoms with Crippen molar-refractivity contribution in [3.63, 3.8) is 0 Å². The molecular formula is C20H21ClN4O3S. The van der Waals surface area contributed by atoms with E-state index in [1.807, 2.05) is 36.4 Å². The lowest BCUT2D eigenvalue weighted by Crippen LogP contribution is -2.33. The van der Waals surface area contributed by atoms with Crippen LogP contribution in [-0.2, 0) is 11.3 Å². The van der Waals surface area contributed by atoms with E-state index in [2.05, 4.69) is 10.2 Å². The Bertz CT molecular complexity index is 1030. The Hall–Kier alpha value is -2.84. The number of hydrogen-bond acceptors (Lipinski definition) is 5. The molecule has 0 unspecified atom stereocenters. The van der Waals surface area contributed by atoms with Crippen LogP contribution in [0.1, 0.15) is 0 Å². The number of H-pyrrole nitrogens is 1. The van der Waals surface area contributed by atoms with E-state index in [0.29, 0.717) is 34.5 Å². The number of likely N-dealkylation sites (N-methyl/N-ethyl adjacent to an activating group) is 1. The Morgan fingerprint density at radius 2 is 2.00 bits per heavy atom. The first-order valence-corrected chi connectivity index (χ1v) is 9.68. The topological polar surface area (TPSA) is 72.4 Å². The van der Waals surface area contributed by atoms with Crippen molar-refractivity contribution in [2.24, 2.45) is 0 Å². The van der Waals surface area contributed by atoms with Gasteiger partial charge in [0.15, 0.2) is 10.6 Å². The van der Waals surface area contributed by atoms with E-state index in [9.17, 15) is 4.79 Å². The van der Waals surface area contributed by atoms with Crippen LogP contribution in [0.25, 0.3) is 11.4 Å². The van der Waals surface area contributed by atoms with Crippen molar-refractivity contribution in [2.45, 2.75) is 6.54 Å². The average molecular weight is 433 g/mol. The normalized spacial score (nSPS) is 10.6. The summed E-state index contributed by atoms with van der Waals surface area (Å²) in [6.45, 7) is 0.851. The SMILES string of the molecule is COc1ccc(-c2n[nH]c(=S)n2CC(=O)N(C)CCOc2cccc(Cl)c2)cc1. The van der Waals surface area contributed by atoms with Gasteiger partial charge in [-0.25, -0.2) is 0 Å². The number of benzene rings is 2. The largest absolute Gasteiger partial charge is 0.497 e. The molecule has 0 fully saturated rings. The maximum Gasteiger partial charge on any atom is 0.242 e. The van der Waals surface area contributed by atoms with E-state index in [0.717, 1.165) is 11.3 Å². The van der Waals surface area contributed by atoms with Crippen LogP contribution >= 0.6 is 23.8 Å². The molecule has 0 aliphatic rings. The van der Waals surface area contributed by atoms with Crippen molar-refractivity contribution < 1.29 is 14.3 Å². The van der Waals surface area contributed by atoms with Gasteiger partial charge < -0.3 is 14.4 Å². The van der Waals surface area contributed by atoms with E-state index in [1.165, 1.54) is 0 Å². The molecule has 1 N–H and O–H groups in total. The first-order chi connectivity index (χ1) is 14.0. The molecule has 1 heterocycles. The van der Waals surface area contributed by atoms with Gasteiger partial charge in [0, 0.05) is 17.6 Å². The van der Waals surface area contributed by atoms with Gasteiger partial charge >= 0.3 is 0 Å². The van der Waals surface area contributed by atoms with Crippen molar-refractivity contribution >= 4 is 29.7 Å². The van der Waals surface area contributed by atoms with Gasteiger partial charge in [-0.05, 0) is 54.7 Å². The molecular weight excluding hydrogens is 412 g/mol. The number of nitrogens with zero attached hydrogens (tertiary/aromatic N) is 3. The second-order valence-electron chi connectivity index (χ2n) is 6.29. The predicted octanol–water partition coefficient (Wildman–Crippen LogP) is 3.81. The third-order valence-corrected chi connectivity index (χ3v) is 4.86. The third-order valence-electron chi connectivity index (χ3n) is 4.32. The van der Waals surface area contributed by atoms with E-state index < -0.39 is 0 Å². The van der Waals surface area contributed by atoms with E-state index in [-0.39, 0.29) is 12.5 Å². The summed E-state index contributed by atoms with van der Waals surface area (Å²) in [5.74, 6) is 1.89. The lowest BCUT2D eigenvalue weighted by molar-refractivity contribution is -0.130. The smallest absolute Gasteiger partial charge is 0.242 e. The molecule has 0 bridgehead atoms. The molecule has 3 rings (SSSR count). The van der Waals surface area contributed by atoms with Crippen LogP contribution in [0.3, 0.4) is 0 Å². The third kappa shape index (κ3) is 5.36. The number of amides is 1. The number of carbonyl (C=O) groups is 1. The summed E-state index contributed by atoms with van der Waals surface area (Å²) in [4.78, 5) is 14.3. The second-order valence-corrected chi connectivity index (χ2v) is 7.11. The number of carbonyl (C=O) groups excluding carboxylic acids is 1. The molecule has 0 aliphatic carbocycles. The molecule has 0 radical (unpaired) electrons. The summed E-state index contributed by atoms with van der Waals surface area (Å²) in [5, 5.41) is 7.62. The van der Waals surface area contributed by atoms with Crippen molar-refractivity contribution in [3.8, 4) is 22.9 Å². The van der Waals surface area contributed by atoms with Gasteiger partial charge in [0.2, 0.25) is 5.91 Å². The Balaban J connectivity index is 1.62. The first kappa shape index (κ1) is 20.9. The number of hydrogen-bond donors (Lipinski definition) is 1. The maximum absolute atomic E-state index is 12.7. The highest BCUT2D eigenvalue weighted by Gasteiger charge is 2.15. The van der Waals surface area contributed by atoms with Gasteiger partial charge in [-0.1, -0.05) is 17.7 Å². The summed E-state index contributed by atoms with van der Waals surface area (Å²) in [6.07, 6.45) is 0. The van der Waals surface area contributed by atoms with Crippen LogP contribution in [0.5, 0.6) is 11.5 Å². The number of aromatic nitrogens is 3. The molecule has 0 aliphatic heterocycles. The summed E-state index contributed by atoms with van der Waals surface area (Å²) in [5.41, 5.74) is 0.831. The number of aromatic amines is 1. The highest BCUT2D eigenvalue weighted by molar-refractivity contribution is 7.71. The van der Waals surface area contributed by atoms with Gasteiger partial charge in [-0.3, -0.25) is 14.5 Å². The van der Waals surface area contributed by atoms with Crippen molar-refractivity contribution in [1.29, 1.82) is 0 Å². The van der Waals surface area contributed by atoms with E-state index in [1.54, 1.807) is 35.8 Å². The van der Waals surface area contributed by atoms with Crippen LogP contribution in [0.2, 0.25) is 5.02 Å². The lowest BCUT2D eigenvalue weighted by Gasteiger charge is -2.18. The van der Waals surface area contributed by atoms with Crippen molar-refractivity contribution in [1.82, 2.24) is 19.7 Å². The first-order valence-electron chi connectivity index (χ1n) is 8.90. The van der Waals surface area contributed by atoms with Crippen molar-refractivity contribution in [2.75, 3.05) is 27.3 Å². The molecule has 1 aromatic heterocycles. The molecule has 0 saturated heterocycles. The summed E-state index contributed by atoms with van der Waals surface area (Å²) < 4.78 is 12.9. The van der Waals surface area contributed by atoms with Crippen LogP contribution in [0.4, 0.5) is 0 Å². The van der Waals surface area contributed by atoms with Crippen LogP contribution in [-0.4, -0.2) is 52.9 Å². The van der Waals surface area contributed by atoms with Gasteiger partial charge in [-0.2, -0.15) is 5.10 Å². The molecule has 1 amide bonds. The zero-order valence-electron chi connectivity index (χ0n) is 16.1. The minimum absolute atomic E-state index is 0.0738. The highest BCUT2D eigenvalue weighted by Crippen LogP contribution is 2.21. The monoisotopic (exact) mass is 432 g/mol. The zero-order chi connectivity index (χ0) is 20.8. The highest BCUT2D eigenvalue weighted by atomic mass is 35.5. The molecule has 29 heavy (non-hydrogen) atoms. The summed E-state index contributed by atoms with van der Waals surface area (Å²) >= 11 is 11.2. The molecule has 0 atom stereocenters. The molecule has 9 heteroatoms. The molecule has 3 aromatic rings.